The summed E-state index contributed by atoms with van der Waals surface area (Å²) in [5, 5.41) is 0. The average Bonchev–Trinajstić information content (AvgIpc) is 1.90. The van der Waals surface area contributed by atoms with Crippen LogP contribution in [0.15, 0.2) is 30.3 Å². The van der Waals surface area contributed by atoms with Crippen LogP contribution in [-0.4, -0.2) is 0 Å². The predicted molar refractivity (Wildman–Crippen MR) is 39.0 cm³/mol. The molecule has 0 aliphatic carbocycles. The summed E-state index contributed by atoms with van der Waals surface area (Å²) in [6.07, 6.45) is 0. The van der Waals surface area contributed by atoms with E-state index in [4.69, 9.17) is 0 Å². The summed E-state index contributed by atoms with van der Waals surface area (Å²) >= 11 is 3.11. The Kier molecular flexibility index (Phi) is 1.92. The quantitative estimate of drug-likeness (QED) is 0.641. The molecule has 8 heavy (non-hydrogen) atoms. The van der Waals surface area contributed by atoms with Gasteiger partial charge in [0.15, 0.2) is 0 Å². The highest BCUT2D eigenvalue weighted by Crippen LogP contribution is 2.05. The Bertz CT molecular complexity index is 150. The molecule has 0 amide bonds. The van der Waals surface area contributed by atoms with Crippen LogP contribution in [0.3, 0.4) is 0 Å². The van der Waals surface area contributed by atoms with E-state index in [-0.39, 0.29) is 0 Å². The Balaban J connectivity index is 2.83. The van der Waals surface area contributed by atoms with Crippen LogP contribution >= 0.6 is 16.1 Å². The molecule has 0 spiro atoms. The van der Waals surface area contributed by atoms with Crippen LogP contribution in [0.2, 0.25) is 0 Å². The number of halogens is 1. The van der Waals surface area contributed by atoms with E-state index < -0.39 is 0 Å². The van der Waals surface area contributed by atoms with E-state index in [0.717, 1.165) is 5.69 Å². The second-order valence-electron chi connectivity index (χ2n) is 1.46. The number of hydrogen-bond donors (Lipinski definition) is 1. The van der Waals surface area contributed by atoms with Crippen LogP contribution in [0.1, 0.15) is 0 Å². The van der Waals surface area contributed by atoms with Crippen molar-refractivity contribution in [3.63, 3.8) is 0 Å². The average molecular weight is 172 g/mol. The molecule has 0 saturated heterocycles. The van der Waals surface area contributed by atoms with Gasteiger partial charge >= 0.3 is 0 Å². The van der Waals surface area contributed by atoms with Gasteiger partial charge in [-0.15, -0.1) is 0 Å². The second-order valence-corrected chi connectivity index (χ2v) is 1.86. The maximum Gasteiger partial charge on any atom is 0.0465 e. The van der Waals surface area contributed by atoms with Gasteiger partial charge in [0, 0.05) is 21.8 Å². The summed E-state index contributed by atoms with van der Waals surface area (Å²) in [6.45, 7) is 0. The summed E-state index contributed by atoms with van der Waals surface area (Å²) in [6, 6.07) is 9.89. The first kappa shape index (κ1) is 5.63. The van der Waals surface area contributed by atoms with Gasteiger partial charge in [-0.25, -0.2) is 0 Å². The van der Waals surface area contributed by atoms with Crippen LogP contribution in [0.4, 0.5) is 5.69 Å². The van der Waals surface area contributed by atoms with Crippen LogP contribution in [0, 0.1) is 0 Å². The lowest BCUT2D eigenvalue weighted by Gasteiger charge is -1.91. The van der Waals surface area contributed by atoms with Crippen LogP contribution in [0.25, 0.3) is 0 Å². The van der Waals surface area contributed by atoms with Crippen molar-refractivity contribution < 1.29 is 0 Å². The molecule has 0 aromatic heterocycles. The molecule has 0 aliphatic rings. The lowest BCUT2D eigenvalue weighted by atomic mass is 10.3. The smallest absolute Gasteiger partial charge is 0.0465 e. The Morgan fingerprint density at radius 2 is 1.75 bits per heavy atom. The molecule has 0 bridgehead atoms. The van der Waals surface area contributed by atoms with Gasteiger partial charge in [-0.1, -0.05) is 18.2 Å². The number of nitrogens with one attached hydrogen (secondary N) is 1. The van der Waals surface area contributed by atoms with Crippen molar-refractivity contribution in [2.45, 2.75) is 0 Å². The topological polar surface area (TPSA) is 12.0 Å². The van der Waals surface area contributed by atoms with Crippen molar-refractivity contribution >= 4 is 21.8 Å². The number of anilines is 1. The summed E-state index contributed by atoms with van der Waals surface area (Å²) in [5.74, 6) is 0. The summed E-state index contributed by atoms with van der Waals surface area (Å²) < 4.78 is 2.84. The predicted octanol–water partition coefficient (Wildman–Crippen LogP) is 2.41. The number of hydrogen-bond acceptors (Lipinski definition) is 1. The molecule has 0 saturated carbocycles. The lowest BCUT2D eigenvalue weighted by molar-refractivity contribution is 1.69. The highest BCUT2D eigenvalue weighted by atomic mass is 79.9. The normalized spacial score (nSPS) is 8.62. The summed E-state index contributed by atoms with van der Waals surface area (Å²) in [4.78, 5) is 0. The maximum absolute atomic E-state index is 3.11. The van der Waals surface area contributed by atoms with E-state index in [1.807, 2.05) is 30.3 Å². The van der Waals surface area contributed by atoms with Gasteiger partial charge in [-0.3, -0.25) is 0 Å². The number of benzene rings is 1. The second kappa shape index (κ2) is 2.72. The summed E-state index contributed by atoms with van der Waals surface area (Å²) in [5.41, 5.74) is 1.08. The van der Waals surface area contributed by atoms with E-state index in [0.29, 0.717) is 0 Å². The van der Waals surface area contributed by atoms with E-state index in [1.54, 1.807) is 0 Å². The Morgan fingerprint density at radius 1 is 1.12 bits per heavy atom. The monoisotopic (exact) mass is 171 g/mol. The fourth-order valence-electron chi connectivity index (χ4n) is 0.501. The van der Waals surface area contributed by atoms with Crippen molar-refractivity contribution in [3.05, 3.63) is 30.3 Å². The molecule has 0 aliphatic heterocycles. The van der Waals surface area contributed by atoms with Crippen molar-refractivity contribution in [1.29, 1.82) is 0 Å². The first-order chi connectivity index (χ1) is 3.93. The highest BCUT2D eigenvalue weighted by Gasteiger charge is 1.79. The molecule has 0 heterocycles. The van der Waals surface area contributed by atoms with Gasteiger partial charge in [0.25, 0.3) is 0 Å². The van der Waals surface area contributed by atoms with Crippen LogP contribution in [0.5, 0.6) is 0 Å². The first-order valence-electron chi connectivity index (χ1n) is 2.35. The molecule has 0 atom stereocenters. The highest BCUT2D eigenvalue weighted by molar-refractivity contribution is 9.10. The third kappa shape index (κ3) is 1.23. The van der Waals surface area contributed by atoms with E-state index in [1.165, 1.54) is 0 Å². The molecule has 0 fully saturated rings. The van der Waals surface area contributed by atoms with E-state index in [2.05, 4.69) is 20.5 Å². The molecule has 1 nitrogen and oxygen atoms in total. The Morgan fingerprint density at radius 3 is 2.12 bits per heavy atom. The maximum atomic E-state index is 3.11. The fraction of sp³-hybridized carbons (Fsp3) is 0. The molecule has 2 heteroatoms. The third-order valence-corrected chi connectivity index (χ3v) is 1.34. The van der Waals surface area contributed by atoms with E-state index in [9.17, 15) is 0 Å². The fourth-order valence-corrected chi connectivity index (χ4v) is 0.765. The molecule has 1 rings (SSSR count). The standard InChI is InChI=1S/C6H6BrN/c7-8-6-4-2-1-3-5-6/h1-5,8H. The Labute approximate surface area is 57.1 Å². The number of rotatable bonds is 1. The summed E-state index contributed by atoms with van der Waals surface area (Å²) in [7, 11) is 0. The van der Waals surface area contributed by atoms with Gasteiger partial charge in [-0.05, 0) is 12.1 Å². The minimum absolute atomic E-state index is 1.08. The zero-order valence-corrected chi connectivity index (χ0v) is 5.85. The molecule has 1 N–H and O–H groups in total. The number of para-hydroxylation sites is 1. The van der Waals surface area contributed by atoms with Gasteiger partial charge in [-0.2, -0.15) is 0 Å². The van der Waals surface area contributed by atoms with Crippen molar-refractivity contribution in [2.75, 3.05) is 4.34 Å². The molecule has 0 unspecified atom stereocenters. The third-order valence-electron chi connectivity index (χ3n) is 0.883. The van der Waals surface area contributed by atoms with Gasteiger partial charge in [0.05, 0.1) is 0 Å². The van der Waals surface area contributed by atoms with Gasteiger partial charge in [0.2, 0.25) is 0 Å². The SMILES string of the molecule is BrNc1ccccc1. The van der Waals surface area contributed by atoms with Gasteiger partial charge < -0.3 is 4.34 Å². The molecule has 1 aromatic rings. The molecule has 0 radical (unpaired) electrons. The van der Waals surface area contributed by atoms with Crippen LogP contribution in [-0.2, 0) is 0 Å². The Hall–Kier alpha value is -0.500. The minimum atomic E-state index is 1.08. The first-order valence-corrected chi connectivity index (χ1v) is 3.14. The minimum Gasteiger partial charge on any atom is -0.322 e. The van der Waals surface area contributed by atoms with E-state index >= 15 is 0 Å². The largest absolute Gasteiger partial charge is 0.322 e. The molecular formula is C6H6BrN. The van der Waals surface area contributed by atoms with Crippen molar-refractivity contribution in [2.24, 2.45) is 0 Å². The zero-order valence-electron chi connectivity index (χ0n) is 4.26. The molecule has 42 valence electrons. The zero-order chi connectivity index (χ0) is 5.82. The molecular weight excluding hydrogens is 166 g/mol. The van der Waals surface area contributed by atoms with Crippen molar-refractivity contribution in [3.8, 4) is 0 Å². The van der Waals surface area contributed by atoms with Crippen molar-refractivity contribution in [1.82, 2.24) is 0 Å². The van der Waals surface area contributed by atoms with Crippen LogP contribution < -0.4 is 4.34 Å². The lowest BCUT2D eigenvalue weighted by Crippen LogP contribution is -1.74. The van der Waals surface area contributed by atoms with Gasteiger partial charge in [0.1, 0.15) is 0 Å². The molecule has 1 aromatic carbocycles.